The number of aromatic nitrogens is 1. The SMILES string of the molecule is CC/C=C(\O)c1ccc(OCC(F)(F)F)nc1OCCOC. The molecule has 0 aromatic carbocycles. The van der Waals surface area contributed by atoms with Gasteiger partial charge in [0, 0.05) is 13.2 Å². The molecule has 0 saturated heterocycles. The summed E-state index contributed by atoms with van der Waals surface area (Å²) in [5.41, 5.74) is 0.275. The van der Waals surface area contributed by atoms with Crippen LogP contribution in [0.5, 0.6) is 11.8 Å². The third kappa shape index (κ3) is 6.21. The van der Waals surface area contributed by atoms with Crippen molar-refractivity contribution in [3.8, 4) is 11.8 Å². The number of hydrogen-bond acceptors (Lipinski definition) is 5. The Balaban J connectivity index is 2.95. The number of methoxy groups -OCH3 is 1. The topological polar surface area (TPSA) is 60.8 Å². The molecule has 1 aromatic rings. The normalized spacial score (nSPS) is 12.3. The maximum Gasteiger partial charge on any atom is 0.422 e. The molecule has 0 aliphatic carbocycles. The van der Waals surface area contributed by atoms with Crippen molar-refractivity contribution in [3.63, 3.8) is 0 Å². The van der Waals surface area contributed by atoms with Crippen LogP contribution in [0.15, 0.2) is 18.2 Å². The predicted octanol–water partition coefficient (Wildman–Crippen LogP) is 3.36. The summed E-state index contributed by atoms with van der Waals surface area (Å²) in [5, 5.41) is 9.90. The Morgan fingerprint density at radius 3 is 2.59 bits per heavy atom. The van der Waals surface area contributed by atoms with Gasteiger partial charge in [-0.25, -0.2) is 0 Å². The number of rotatable bonds is 8. The van der Waals surface area contributed by atoms with E-state index in [1.54, 1.807) is 0 Å². The van der Waals surface area contributed by atoms with Crippen LogP contribution in [0.4, 0.5) is 13.2 Å². The molecule has 1 aromatic heterocycles. The fourth-order valence-electron chi connectivity index (χ4n) is 1.49. The van der Waals surface area contributed by atoms with E-state index in [1.165, 1.54) is 25.3 Å². The molecule has 0 atom stereocenters. The Hall–Kier alpha value is -1.96. The number of aliphatic hydroxyl groups excluding tert-OH is 1. The Kier molecular flexibility index (Phi) is 6.97. The molecule has 0 fully saturated rings. The molecule has 0 aliphatic rings. The lowest BCUT2D eigenvalue weighted by atomic mass is 10.2. The van der Waals surface area contributed by atoms with Crippen LogP contribution in [0.1, 0.15) is 18.9 Å². The van der Waals surface area contributed by atoms with Crippen molar-refractivity contribution >= 4 is 5.76 Å². The zero-order chi connectivity index (χ0) is 16.6. The smallest absolute Gasteiger partial charge is 0.422 e. The van der Waals surface area contributed by atoms with E-state index in [-0.39, 0.29) is 36.3 Å². The summed E-state index contributed by atoms with van der Waals surface area (Å²) in [4.78, 5) is 3.85. The lowest BCUT2D eigenvalue weighted by molar-refractivity contribution is -0.154. The number of pyridine rings is 1. The van der Waals surface area contributed by atoms with Gasteiger partial charge in [0.05, 0.1) is 12.2 Å². The second-order valence-electron chi connectivity index (χ2n) is 4.24. The Labute approximate surface area is 126 Å². The number of allylic oxidation sites excluding steroid dienone is 1. The maximum absolute atomic E-state index is 12.1. The Bertz CT molecular complexity index is 503. The third-order valence-corrected chi connectivity index (χ3v) is 2.42. The average molecular weight is 321 g/mol. The van der Waals surface area contributed by atoms with Crippen LogP contribution in [0, 0.1) is 0 Å². The van der Waals surface area contributed by atoms with Crippen molar-refractivity contribution in [2.45, 2.75) is 19.5 Å². The number of halogens is 3. The highest BCUT2D eigenvalue weighted by Gasteiger charge is 2.28. The van der Waals surface area contributed by atoms with E-state index in [0.29, 0.717) is 6.42 Å². The molecule has 0 aliphatic heterocycles. The largest absolute Gasteiger partial charge is 0.507 e. The molecule has 0 spiro atoms. The molecule has 0 unspecified atom stereocenters. The number of ether oxygens (including phenoxy) is 3. The van der Waals surface area contributed by atoms with Crippen LogP contribution in [0.2, 0.25) is 0 Å². The summed E-state index contributed by atoms with van der Waals surface area (Å²) >= 11 is 0. The van der Waals surface area contributed by atoms with Gasteiger partial charge in [-0.1, -0.05) is 6.92 Å². The van der Waals surface area contributed by atoms with E-state index in [0.717, 1.165) is 0 Å². The third-order valence-electron chi connectivity index (χ3n) is 2.42. The highest BCUT2D eigenvalue weighted by molar-refractivity contribution is 5.63. The average Bonchev–Trinajstić information content (AvgIpc) is 2.45. The molecule has 0 bridgehead atoms. The molecule has 1 N–H and O–H groups in total. The first-order chi connectivity index (χ1) is 10.4. The quantitative estimate of drug-likeness (QED) is 0.588. The predicted molar refractivity (Wildman–Crippen MR) is 74.1 cm³/mol. The van der Waals surface area contributed by atoms with E-state index in [2.05, 4.69) is 9.72 Å². The lowest BCUT2D eigenvalue weighted by Gasteiger charge is -2.13. The molecule has 0 radical (unpaired) electrons. The molecule has 0 amide bonds. The van der Waals surface area contributed by atoms with Crippen LogP contribution < -0.4 is 9.47 Å². The van der Waals surface area contributed by atoms with Gasteiger partial charge in [0.2, 0.25) is 11.8 Å². The number of hydrogen-bond donors (Lipinski definition) is 1. The van der Waals surface area contributed by atoms with Gasteiger partial charge in [-0.3, -0.25) is 0 Å². The van der Waals surface area contributed by atoms with Gasteiger partial charge in [-0.15, -0.1) is 0 Å². The monoisotopic (exact) mass is 321 g/mol. The fourth-order valence-corrected chi connectivity index (χ4v) is 1.49. The molecule has 22 heavy (non-hydrogen) atoms. The molecule has 8 heteroatoms. The first-order valence-corrected chi connectivity index (χ1v) is 6.59. The van der Waals surface area contributed by atoms with Crippen LogP contribution in [-0.2, 0) is 4.74 Å². The minimum Gasteiger partial charge on any atom is -0.507 e. The number of aliphatic hydroxyl groups is 1. The maximum atomic E-state index is 12.1. The second kappa shape index (κ2) is 8.47. The Morgan fingerprint density at radius 2 is 2.00 bits per heavy atom. The van der Waals surface area contributed by atoms with Crippen molar-refractivity contribution < 1.29 is 32.5 Å². The van der Waals surface area contributed by atoms with Crippen molar-refractivity contribution in [1.82, 2.24) is 4.98 Å². The summed E-state index contributed by atoms with van der Waals surface area (Å²) < 4.78 is 51.2. The van der Waals surface area contributed by atoms with E-state index >= 15 is 0 Å². The van der Waals surface area contributed by atoms with Crippen LogP contribution in [0.3, 0.4) is 0 Å². The first kappa shape index (κ1) is 18.1. The van der Waals surface area contributed by atoms with Gasteiger partial charge in [-0.05, 0) is 18.6 Å². The van der Waals surface area contributed by atoms with Crippen LogP contribution in [-0.4, -0.2) is 43.2 Å². The van der Waals surface area contributed by atoms with E-state index in [1.807, 2.05) is 6.92 Å². The van der Waals surface area contributed by atoms with Crippen LogP contribution in [0.25, 0.3) is 5.76 Å². The molecule has 5 nitrogen and oxygen atoms in total. The summed E-state index contributed by atoms with van der Waals surface area (Å²) in [7, 11) is 1.48. The molecule has 124 valence electrons. The highest BCUT2D eigenvalue weighted by Crippen LogP contribution is 2.27. The summed E-state index contributed by atoms with van der Waals surface area (Å²) in [6, 6.07) is 2.63. The van der Waals surface area contributed by atoms with Gasteiger partial charge < -0.3 is 19.3 Å². The van der Waals surface area contributed by atoms with Crippen molar-refractivity contribution in [1.29, 1.82) is 0 Å². The van der Waals surface area contributed by atoms with E-state index in [4.69, 9.17) is 9.47 Å². The molecule has 0 saturated carbocycles. The minimum atomic E-state index is -4.46. The summed E-state index contributed by atoms with van der Waals surface area (Å²) in [6.07, 6.45) is -2.34. The van der Waals surface area contributed by atoms with Crippen molar-refractivity contribution in [2.75, 3.05) is 26.9 Å². The summed E-state index contributed by atoms with van der Waals surface area (Å²) in [6.45, 7) is 0.787. The van der Waals surface area contributed by atoms with Gasteiger partial charge in [0.1, 0.15) is 12.4 Å². The van der Waals surface area contributed by atoms with Crippen LogP contribution >= 0.6 is 0 Å². The van der Waals surface area contributed by atoms with Gasteiger partial charge in [0.15, 0.2) is 6.61 Å². The van der Waals surface area contributed by atoms with Gasteiger partial charge in [0.25, 0.3) is 0 Å². The number of nitrogens with zero attached hydrogens (tertiary/aromatic N) is 1. The molecule has 1 rings (SSSR count). The number of alkyl halides is 3. The first-order valence-electron chi connectivity index (χ1n) is 6.59. The highest BCUT2D eigenvalue weighted by atomic mass is 19.4. The minimum absolute atomic E-state index is 0.0149. The van der Waals surface area contributed by atoms with E-state index < -0.39 is 12.8 Å². The molecule has 1 heterocycles. The summed E-state index contributed by atoms with van der Waals surface area (Å²) in [5.74, 6) is -0.318. The van der Waals surface area contributed by atoms with Gasteiger partial charge >= 0.3 is 6.18 Å². The standard InChI is InChI=1S/C14H18F3NO4/c1-3-4-11(19)10-5-6-12(22-9-14(15,16)17)18-13(10)21-8-7-20-2/h4-6,19H,3,7-9H2,1-2H3/b11-4-. The van der Waals surface area contributed by atoms with Gasteiger partial charge in [-0.2, -0.15) is 18.2 Å². The zero-order valence-corrected chi connectivity index (χ0v) is 12.3. The van der Waals surface area contributed by atoms with Crippen molar-refractivity contribution in [3.05, 3.63) is 23.8 Å². The van der Waals surface area contributed by atoms with E-state index in [9.17, 15) is 18.3 Å². The fraction of sp³-hybridized carbons (Fsp3) is 0.500. The zero-order valence-electron chi connectivity index (χ0n) is 12.3. The molecular formula is C14H18F3NO4. The molecular weight excluding hydrogens is 303 g/mol. The van der Waals surface area contributed by atoms with Crippen molar-refractivity contribution in [2.24, 2.45) is 0 Å². The second-order valence-corrected chi connectivity index (χ2v) is 4.24. The Morgan fingerprint density at radius 1 is 1.27 bits per heavy atom. The lowest BCUT2D eigenvalue weighted by Crippen LogP contribution is -2.19.